The monoisotopic (exact) mass is 329 g/mol. The molecule has 0 aliphatic carbocycles. The molecule has 0 N–H and O–H groups in total. The quantitative estimate of drug-likeness (QED) is 0.603. The Kier molecular flexibility index (Phi) is 16.2. The molecule has 22 heavy (non-hydrogen) atoms. The van der Waals surface area contributed by atoms with Gasteiger partial charge in [-0.15, -0.1) is 0 Å². The molecular weight excluding hydrogens is 294 g/mol. The molecule has 0 saturated carbocycles. The summed E-state index contributed by atoms with van der Waals surface area (Å²) < 4.78 is 5.84. The van der Waals surface area contributed by atoms with Gasteiger partial charge in [-0.2, -0.15) is 0 Å². The molecule has 0 saturated heterocycles. The van der Waals surface area contributed by atoms with Gasteiger partial charge in [-0.25, -0.2) is 0 Å². The lowest BCUT2D eigenvalue weighted by Gasteiger charge is -2.18. The number of hydrogen-bond acceptors (Lipinski definition) is 2. The molecule has 1 aromatic carbocycles. The molecule has 0 aliphatic rings. The van der Waals surface area contributed by atoms with Crippen molar-refractivity contribution in [3.8, 4) is 5.75 Å². The molecule has 1 atom stereocenters. The van der Waals surface area contributed by atoms with Crippen LogP contribution in [0, 0.1) is 12.8 Å². The van der Waals surface area contributed by atoms with Crippen LogP contribution in [0.1, 0.15) is 53.5 Å². The summed E-state index contributed by atoms with van der Waals surface area (Å²) in [6, 6.07) is 5.76. The normalized spacial score (nSPS) is 11.0. The number of nitrogens with zero attached hydrogens (tertiary/aromatic N) is 1. The van der Waals surface area contributed by atoms with Crippen LogP contribution in [-0.2, 0) is 0 Å². The van der Waals surface area contributed by atoms with Crippen LogP contribution in [0.15, 0.2) is 18.2 Å². The van der Waals surface area contributed by atoms with E-state index in [4.69, 9.17) is 16.3 Å². The minimum Gasteiger partial charge on any atom is -0.493 e. The van der Waals surface area contributed by atoms with Crippen LogP contribution in [0.3, 0.4) is 0 Å². The topological polar surface area (TPSA) is 12.5 Å². The highest BCUT2D eigenvalue weighted by Crippen LogP contribution is 2.22. The first-order valence-corrected chi connectivity index (χ1v) is 8.98. The van der Waals surface area contributed by atoms with Crippen LogP contribution in [0.2, 0.25) is 5.02 Å². The molecule has 1 unspecified atom stereocenters. The van der Waals surface area contributed by atoms with Crippen molar-refractivity contribution in [2.75, 3.05) is 26.7 Å². The molecule has 0 radical (unpaired) electrons. The third kappa shape index (κ3) is 10.9. The lowest BCUT2D eigenvalue weighted by Crippen LogP contribution is -2.22. The van der Waals surface area contributed by atoms with E-state index in [1.807, 2.05) is 52.8 Å². The van der Waals surface area contributed by atoms with E-state index < -0.39 is 0 Å². The van der Waals surface area contributed by atoms with Crippen molar-refractivity contribution >= 4 is 11.6 Å². The number of aryl methyl sites for hydroxylation is 1. The summed E-state index contributed by atoms with van der Waals surface area (Å²) in [5.74, 6) is 1.50. The SMILES string of the molecule is CC.CC.CCN(C)CCC(C)COc1ccc(Cl)cc1C. The van der Waals surface area contributed by atoms with Crippen molar-refractivity contribution in [1.29, 1.82) is 0 Å². The van der Waals surface area contributed by atoms with Crippen LogP contribution >= 0.6 is 11.6 Å². The standard InChI is InChI=1S/C15H24ClNO.2C2H6/c1-5-17(4)9-8-12(2)11-18-15-7-6-14(16)10-13(15)3;2*1-2/h6-7,10,12H,5,8-9,11H2,1-4H3;2*1-2H3. The van der Waals surface area contributed by atoms with E-state index in [1.165, 1.54) is 0 Å². The van der Waals surface area contributed by atoms with E-state index in [9.17, 15) is 0 Å². The molecule has 2 nitrogen and oxygen atoms in total. The molecule has 0 aliphatic heterocycles. The van der Waals surface area contributed by atoms with Crippen LogP contribution < -0.4 is 4.74 Å². The molecule has 3 heteroatoms. The lowest BCUT2D eigenvalue weighted by atomic mass is 10.1. The first-order valence-electron chi connectivity index (χ1n) is 8.60. The fourth-order valence-electron chi connectivity index (χ4n) is 1.69. The first kappa shape index (κ1) is 23.5. The summed E-state index contributed by atoms with van der Waals surface area (Å²) in [7, 11) is 2.15. The molecule has 0 bridgehead atoms. The maximum Gasteiger partial charge on any atom is 0.122 e. The van der Waals surface area contributed by atoms with Gasteiger partial charge in [-0.3, -0.25) is 0 Å². The van der Waals surface area contributed by atoms with E-state index in [1.54, 1.807) is 0 Å². The van der Waals surface area contributed by atoms with Crippen LogP contribution in [-0.4, -0.2) is 31.6 Å². The van der Waals surface area contributed by atoms with Crippen molar-refractivity contribution in [3.63, 3.8) is 0 Å². The number of rotatable bonds is 7. The van der Waals surface area contributed by atoms with Crippen molar-refractivity contribution in [3.05, 3.63) is 28.8 Å². The minimum absolute atomic E-state index is 0.564. The van der Waals surface area contributed by atoms with Gasteiger partial charge < -0.3 is 9.64 Å². The zero-order valence-corrected chi connectivity index (χ0v) is 16.6. The molecule has 1 rings (SSSR count). The predicted molar refractivity (Wildman–Crippen MR) is 101 cm³/mol. The third-order valence-corrected chi connectivity index (χ3v) is 3.44. The Morgan fingerprint density at radius 1 is 1.18 bits per heavy atom. The van der Waals surface area contributed by atoms with Gasteiger partial charge in [0.25, 0.3) is 0 Å². The van der Waals surface area contributed by atoms with Gasteiger partial charge in [0, 0.05) is 5.02 Å². The zero-order valence-electron chi connectivity index (χ0n) is 15.9. The highest BCUT2D eigenvalue weighted by molar-refractivity contribution is 6.30. The Balaban J connectivity index is 0. The average Bonchev–Trinajstić information content (AvgIpc) is 2.55. The van der Waals surface area contributed by atoms with E-state index in [-0.39, 0.29) is 0 Å². The summed E-state index contributed by atoms with van der Waals surface area (Å²) >= 11 is 5.92. The fraction of sp³-hybridized carbons (Fsp3) is 0.684. The number of benzene rings is 1. The van der Waals surface area contributed by atoms with Crippen molar-refractivity contribution in [1.82, 2.24) is 4.90 Å². The van der Waals surface area contributed by atoms with Crippen molar-refractivity contribution in [2.24, 2.45) is 5.92 Å². The molecule has 0 aromatic heterocycles. The average molecular weight is 330 g/mol. The van der Waals surface area contributed by atoms with Crippen molar-refractivity contribution < 1.29 is 4.74 Å². The Morgan fingerprint density at radius 2 is 1.77 bits per heavy atom. The summed E-state index contributed by atoms with van der Waals surface area (Å²) in [6.45, 7) is 17.4. The number of halogens is 1. The third-order valence-electron chi connectivity index (χ3n) is 3.20. The number of ether oxygens (including phenoxy) is 1. The van der Waals surface area contributed by atoms with Gasteiger partial charge in [0.05, 0.1) is 6.61 Å². The van der Waals surface area contributed by atoms with E-state index in [0.29, 0.717) is 5.92 Å². The highest BCUT2D eigenvalue weighted by atomic mass is 35.5. The minimum atomic E-state index is 0.564. The van der Waals surface area contributed by atoms with Crippen LogP contribution in [0.5, 0.6) is 5.75 Å². The Labute approximate surface area is 143 Å². The van der Waals surface area contributed by atoms with Gasteiger partial charge in [0.2, 0.25) is 0 Å². The second-order valence-electron chi connectivity index (χ2n) is 5.01. The summed E-state index contributed by atoms with van der Waals surface area (Å²) in [6.07, 6.45) is 1.16. The maximum atomic E-state index is 5.92. The second-order valence-corrected chi connectivity index (χ2v) is 5.45. The summed E-state index contributed by atoms with van der Waals surface area (Å²) in [5.41, 5.74) is 1.10. The Morgan fingerprint density at radius 3 is 2.27 bits per heavy atom. The molecule has 0 amide bonds. The van der Waals surface area contributed by atoms with E-state index in [2.05, 4.69) is 25.8 Å². The summed E-state index contributed by atoms with van der Waals surface area (Å²) in [4.78, 5) is 2.32. The maximum absolute atomic E-state index is 5.92. The van der Waals surface area contributed by atoms with Crippen LogP contribution in [0.4, 0.5) is 0 Å². The predicted octanol–water partition coefficient (Wildman–Crippen LogP) is 6.06. The lowest BCUT2D eigenvalue weighted by molar-refractivity contribution is 0.230. The van der Waals surface area contributed by atoms with Gasteiger partial charge in [-0.1, -0.05) is 53.1 Å². The summed E-state index contributed by atoms with van der Waals surface area (Å²) in [5, 5.41) is 0.762. The fourth-order valence-corrected chi connectivity index (χ4v) is 1.92. The molecule has 0 fully saturated rings. The second kappa shape index (κ2) is 15.2. The van der Waals surface area contributed by atoms with E-state index in [0.717, 1.165) is 42.5 Å². The Hall–Kier alpha value is -0.730. The van der Waals surface area contributed by atoms with Crippen LogP contribution in [0.25, 0.3) is 0 Å². The molecular formula is C19H36ClNO. The van der Waals surface area contributed by atoms with Crippen molar-refractivity contribution in [2.45, 2.75) is 54.9 Å². The molecule has 0 spiro atoms. The van der Waals surface area contributed by atoms with E-state index >= 15 is 0 Å². The zero-order chi connectivity index (χ0) is 17.5. The number of hydrogen-bond donors (Lipinski definition) is 0. The van der Waals surface area contributed by atoms with Gasteiger partial charge in [0.15, 0.2) is 0 Å². The van der Waals surface area contributed by atoms with Gasteiger partial charge in [0.1, 0.15) is 5.75 Å². The largest absolute Gasteiger partial charge is 0.493 e. The molecule has 1 aromatic rings. The highest BCUT2D eigenvalue weighted by Gasteiger charge is 2.06. The Bertz CT molecular complexity index is 368. The van der Waals surface area contributed by atoms with Gasteiger partial charge >= 0.3 is 0 Å². The first-order chi connectivity index (χ1) is 10.5. The van der Waals surface area contributed by atoms with Gasteiger partial charge in [-0.05, 0) is 63.2 Å². The molecule has 130 valence electrons. The molecule has 0 heterocycles. The smallest absolute Gasteiger partial charge is 0.122 e.